The molecule has 0 fully saturated rings. The Hall–Kier alpha value is -3.55. The number of fused-ring (bicyclic) bond motifs is 1. The van der Waals surface area contributed by atoms with Crippen LogP contribution in [0.25, 0.3) is 15.8 Å². The van der Waals surface area contributed by atoms with Crippen LogP contribution in [0.15, 0.2) is 42.1 Å². The van der Waals surface area contributed by atoms with Gasteiger partial charge in [-0.05, 0) is 19.9 Å². The van der Waals surface area contributed by atoms with E-state index in [0.29, 0.717) is 29.3 Å². The van der Waals surface area contributed by atoms with Crippen molar-refractivity contribution in [1.29, 1.82) is 5.53 Å². The van der Waals surface area contributed by atoms with Crippen molar-refractivity contribution in [2.24, 2.45) is 11.0 Å². The molecule has 0 bridgehead atoms. The molecule has 0 aliphatic heterocycles. The van der Waals surface area contributed by atoms with Gasteiger partial charge in [0.05, 0.1) is 23.0 Å². The minimum absolute atomic E-state index is 0.173. The zero-order valence-corrected chi connectivity index (χ0v) is 17.0. The average molecular weight is 408 g/mol. The predicted octanol–water partition coefficient (Wildman–Crippen LogP) is 3.87. The van der Waals surface area contributed by atoms with Gasteiger partial charge < -0.3 is 5.32 Å². The highest BCUT2D eigenvalue weighted by Gasteiger charge is 2.12. The van der Waals surface area contributed by atoms with Crippen LogP contribution < -0.4 is 11.2 Å². The maximum Gasteiger partial charge on any atom is 0.216 e. The van der Waals surface area contributed by atoms with Crippen LogP contribution >= 0.6 is 11.3 Å². The standard InChI is InChI=1S/C19H21N9S/c1-5-13(10-28(21)12(3)4)16-9-23-19(25-20)18(24-16)22-8-14-7-15-17(29-14)11-27(6-2)26-15/h1,7,9-11,20H,3,6,8,21H2,2,4H3,(H,22,24)/b13-10+,25-20?. The molecule has 10 heteroatoms. The summed E-state index contributed by atoms with van der Waals surface area (Å²) in [5.41, 5.74) is 9.80. The molecule has 0 saturated heterocycles. The Morgan fingerprint density at radius 2 is 2.38 bits per heavy atom. The van der Waals surface area contributed by atoms with Gasteiger partial charge in [-0.2, -0.15) is 5.10 Å². The van der Waals surface area contributed by atoms with Crippen molar-refractivity contribution in [3.8, 4) is 12.3 Å². The summed E-state index contributed by atoms with van der Waals surface area (Å²) in [4.78, 5) is 9.74. The number of aromatic nitrogens is 4. The summed E-state index contributed by atoms with van der Waals surface area (Å²) in [7, 11) is 0. The number of hydrazine groups is 1. The summed E-state index contributed by atoms with van der Waals surface area (Å²) in [5, 5.41) is 12.4. The van der Waals surface area contributed by atoms with E-state index in [4.69, 9.17) is 17.8 Å². The van der Waals surface area contributed by atoms with Crippen LogP contribution in [0.5, 0.6) is 0 Å². The highest BCUT2D eigenvalue weighted by molar-refractivity contribution is 7.19. The fraction of sp³-hybridized carbons (Fsp3) is 0.211. The molecule has 148 valence electrons. The van der Waals surface area contributed by atoms with Crippen molar-refractivity contribution in [2.75, 3.05) is 5.32 Å². The van der Waals surface area contributed by atoms with E-state index in [-0.39, 0.29) is 5.82 Å². The van der Waals surface area contributed by atoms with Crippen molar-refractivity contribution in [2.45, 2.75) is 26.9 Å². The van der Waals surface area contributed by atoms with Gasteiger partial charge in [0.15, 0.2) is 5.82 Å². The van der Waals surface area contributed by atoms with Crippen LogP contribution in [-0.2, 0) is 13.1 Å². The van der Waals surface area contributed by atoms with Gasteiger partial charge in [0.1, 0.15) is 11.2 Å². The molecule has 3 aromatic heterocycles. The molecule has 3 heterocycles. The zero-order chi connectivity index (χ0) is 21.0. The third-order valence-corrected chi connectivity index (χ3v) is 5.11. The average Bonchev–Trinajstić information content (AvgIpc) is 3.28. The smallest absolute Gasteiger partial charge is 0.216 e. The Labute approximate surface area is 172 Å². The molecule has 0 unspecified atom stereocenters. The predicted molar refractivity (Wildman–Crippen MR) is 115 cm³/mol. The molecule has 9 nitrogen and oxygen atoms in total. The molecule has 29 heavy (non-hydrogen) atoms. The molecular weight excluding hydrogens is 386 g/mol. The number of hydrogen-bond donors (Lipinski definition) is 3. The van der Waals surface area contributed by atoms with E-state index < -0.39 is 0 Å². The first-order valence-corrected chi connectivity index (χ1v) is 9.59. The second kappa shape index (κ2) is 8.64. The first kappa shape index (κ1) is 20.2. The Kier molecular flexibility index (Phi) is 6.01. The first-order chi connectivity index (χ1) is 13.9. The quantitative estimate of drug-likeness (QED) is 0.226. The van der Waals surface area contributed by atoms with E-state index in [1.807, 2.05) is 16.9 Å². The van der Waals surface area contributed by atoms with Crippen LogP contribution in [0.2, 0.25) is 0 Å². The van der Waals surface area contributed by atoms with Crippen molar-refractivity contribution in [1.82, 2.24) is 24.8 Å². The molecule has 0 atom stereocenters. The molecule has 4 N–H and O–H groups in total. The maximum absolute atomic E-state index is 7.35. The molecule has 0 aliphatic carbocycles. The van der Waals surface area contributed by atoms with E-state index in [0.717, 1.165) is 21.6 Å². The van der Waals surface area contributed by atoms with Gasteiger partial charge in [-0.1, -0.05) is 12.5 Å². The highest BCUT2D eigenvalue weighted by atomic mass is 32.1. The fourth-order valence-corrected chi connectivity index (χ4v) is 3.46. The zero-order valence-electron chi connectivity index (χ0n) is 16.2. The van der Waals surface area contributed by atoms with Gasteiger partial charge in [-0.25, -0.2) is 21.3 Å². The van der Waals surface area contributed by atoms with Gasteiger partial charge in [0, 0.05) is 29.5 Å². The molecule has 0 aliphatic rings. The minimum atomic E-state index is 0.173. The third kappa shape index (κ3) is 4.48. The first-order valence-electron chi connectivity index (χ1n) is 8.77. The van der Waals surface area contributed by atoms with Crippen LogP contribution in [0.3, 0.4) is 0 Å². The topological polar surface area (TPSA) is 121 Å². The minimum Gasteiger partial charge on any atom is -0.362 e. The molecular formula is C19H21N9S. The lowest BCUT2D eigenvalue weighted by Gasteiger charge is -2.14. The summed E-state index contributed by atoms with van der Waals surface area (Å²) in [6.07, 6.45) is 10.6. The van der Waals surface area contributed by atoms with Crippen LogP contribution in [0.4, 0.5) is 11.6 Å². The number of thiophene rings is 1. The number of nitrogens with two attached hydrogens (primary N) is 1. The largest absolute Gasteiger partial charge is 0.362 e. The molecule has 3 aromatic rings. The van der Waals surface area contributed by atoms with E-state index in [1.165, 1.54) is 11.2 Å². The number of nitrogens with zero attached hydrogens (tertiary/aromatic N) is 6. The van der Waals surface area contributed by atoms with E-state index in [2.05, 4.69) is 44.9 Å². The summed E-state index contributed by atoms with van der Waals surface area (Å²) in [5.74, 6) is 8.94. The normalized spacial score (nSPS) is 11.3. The number of aryl methyl sites for hydroxylation is 1. The van der Waals surface area contributed by atoms with Crippen LogP contribution in [0.1, 0.15) is 24.4 Å². The molecule has 3 rings (SSSR count). The maximum atomic E-state index is 7.35. The Morgan fingerprint density at radius 3 is 3.00 bits per heavy atom. The second-order valence-electron chi connectivity index (χ2n) is 6.17. The number of anilines is 1. The van der Waals surface area contributed by atoms with Crippen molar-refractivity contribution in [3.05, 3.63) is 47.5 Å². The molecule has 0 saturated carbocycles. The summed E-state index contributed by atoms with van der Waals surface area (Å²) >= 11 is 1.64. The van der Waals surface area contributed by atoms with Crippen molar-refractivity contribution in [3.63, 3.8) is 0 Å². The summed E-state index contributed by atoms with van der Waals surface area (Å²) in [6.45, 7) is 8.90. The second-order valence-corrected chi connectivity index (χ2v) is 7.34. The lowest BCUT2D eigenvalue weighted by Crippen LogP contribution is -2.22. The third-order valence-electron chi connectivity index (χ3n) is 4.05. The Balaban J connectivity index is 1.84. The summed E-state index contributed by atoms with van der Waals surface area (Å²) in [6, 6.07) is 2.03. The molecule has 0 amide bonds. The fourth-order valence-electron chi connectivity index (χ4n) is 2.48. The molecule has 0 aromatic carbocycles. The Bertz CT molecular complexity index is 1100. The number of nitrogens with one attached hydrogen (secondary N) is 2. The number of rotatable bonds is 8. The van der Waals surface area contributed by atoms with Crippen LogP contribution in [0, 0.1) is 17.9 Å². The number of hydrogen-bond acceptors (Lipinski definition) is 9. The Morgan fingerprint density at radius 1 is 1.59 bits per heavy atom. The van der Waals surface area contributed by atoms with E-state index in [9.17, 15) is 0 Å². The summed E-state index contributed by atoms with van der Waals surface area (Å²) < 4.78 is 3.03. The van der Waals surface area contributed by atoms with E-state index >= 15 is 0 Å². The van der Waals surface area contributed by atoms with E-state index in [1.54, 1.807) is 24.5 Å². The lowest BCUT2D eigenvalue weighted by atomic mass is 10.2. The van der Waals surface area contributed by atoms with Gasteiger partial charge in [-0.3, -0.25) is 9.69 Å². The van der Waals surface area contributed by atoms with Gasteiger partial charge in [-0.15, -0.1) is 22.9 Å². The molecule has 0 spiro atoms. The number of allylic oxidation sites excluding steroid dienone is 2. The van der Waals surface area contributed by atoms with Gasteiger partial charge in [0.25, 0.3) is 0 Å². The molecule has 0 radical (unpaired) electrons. The van der Waals surface area contributed by atoms with Gasteiger partial charge >= 0.3 is 0 Å². The SMILES string of the molecule is C#C/C(=C\N(N)C(=C)C)c1cnc(N=N)c(NCc2cc3nn(CC)cc3s2)n1. The lowest BCUT2D eigenvalue weighted by molar-refractivity contribution is 0.498. The number of terminal acetylenes is 1. The van der Waals surface area contributed by atoms with Crippen molar-refractivity contribution >= 4 is 38.8 Å². The van der Waals surface area contributed by atoms with Gasteiger partial charge in [0.2, 0.25) is 5.82 Å². The van der Waals surface area contributed by atoms with Crippen LogP contribution in [-0.4, -0.2) is 24.8 Å². The van der Waals surface area contributed by atoms with Crippen molar-refractivity contribution < 1.29 is 0 Å². The highest BCUT2D eigenvalue weighted by Crippen LogP contribution is 2.27. The monoisotopic (exact) mass is 407 g/mol.